The van der Waals surface area contributed by atoms with Crippen molar-refractivity contribution in [1.29, 1.82) is 0 Å². The lowest BCUT2D eigenvalue weighted by Crippen LogP contribution is -2.46. The Morgan fingerprint density at radius 1 is 1.10 bits per heavy atom. The van der Waals surface area contributed by atoms with Gasteiger partial charge in [-0.1, -0.05) is 0 Å². The minimum Gasteiger partial charge on any atom is -0.393 e. The molecule has 112 valence electrons. The van der Waals surface area contributed by atoms with E-state index < -0.39 is 11.9 Å². The lowest BCUT2D eigenvalue weighted by Gasteiger charge is -2.32. The number of carbonyl (C=O) groups excluding carboxylic acids is 2. The summed E-state index contributed by atoms with van der Waals surface area (Å²) in [6.45, 7) is 1.23. The summed E-state index contributed by atoms with van der Waals surface area (Å²) < 4.78 is 13.0. The normalized spacial score (nSPS) is 24.9. The molecule has 1 aromatic carbocycles. The van der Waals surface area contributed by atoms with Gasteiger partial charge in [0, 0.05) is 13.1 Å². The first-order valence-corrected chi connectivity index (χ1v) is 7.11. The number of likely N-dealkylation sites (tertiary alicyclic amines) is 1. The maximum Gasteiger partial charge on any atom is 0.251 e. The number of aliphatic hydroxyl groups is 1. The van der Waals surface area contributed by atoms with Gasteiger partial charge in [0.05, 0.1) is 24.3 Å². The molecule has 0 saturated carbocycles. The molecule has 5 nitrogen and oxygen atoms in total. The standard InChI is InChI=1S/C15H17FN2O3/c16-10-1-3-11(4-2-10)18-14(20)9-13(15(18)21)17-7-5-12(19)6-8-17/h1-4,12-13,19H,5-9H2/t13-/m1/s1. The van der Waals surface area contributed by atoms with Crippen LogP contribution in [0.5, 0.6) is 0 Å². The molecular weight excluding hydrogens is 275 g/mol. The van der Waals surface area contributed by atoms with E-state index in [1.165, 1.54) is 24.3 Å². The zero-order chi connectivity index (χ0) is 15.0. The van der Waals surface area contributed by atoms with Crippen molar-refractivity contribution in [2.24, 2.45) is 0 Å². The van der Waals surface area contributed by atoms with Crippen molar-refractivity contribution in [3.8, 4) is 0 Å². The summed E-state index contributed by atoms with van der Waals surface area (Å²) in [5.74, 6) is -0.926. The van der Waals surface area contributed by atoms with E-state index in [-0.39, 0.29) is 24.3 Å². The summed E-state index contributed by atoms with van der Waals surface area (Å²) in [4.78, 5) is 27.7. The minimum absolute atomic E-state index is 0.145. The van der Waals surface area contributed by atoms with Gasteiger partial charge in [-0.3, -0.25) is 14.5 Å². The predicted molar refractivity (Wildman–Crippen MR) is 74.1 cm³/mol. The van der Waals surface area contributed by atoms with Crippen LogP contribution in [0.1, 0.15) is 19.3 Å². The van der Waals surface area contributed by atoms with Gasteiger partial charge in [0.1, 0.15) is 5.82 Å². The van der Waals surface area contributed by atoms with Crippen LogP contribution >= 0.6 is 0 Å². The first-order chi connectivity index (χ1) is 10.1. The van der Waals surface area contributed by atoms with Gasteiger partial charge in [-0.2, -0.15) is 0 Å². The highest BCUT2D eigenvalue weighted by Crippen LogP contribution is 2.27. The van der Waals surface area contributed by atoms with Gasteiger partial charge in [0.15, 0.2) is 0 Å². The van der Waals surface area contributed by atoms with Crippen molar-refractivity contribution in [2.45, 2.75) is 31.4 Å². The number of benzene rings is 1. The molecule has 2 saturated heterocycles. The number of rotatable bonds is 2. The Labute approximate surface area is 122 Å². The van der Waals surface area contributed by atoms with Crippen LogP contribution in [-0.2, 0) is 9.59 Å². The van der Waals surface area contributed by atoms with Gasteiger partial charge in [-0.25, -0.2) is 9.29 Å². The van der Waals surface area contributed by atoms with E-state index in [4.69, 9.17) is 0 Å². The van der Waals surface area contributed by atoms with Gasteiger partial charge in [-0.05, 0) is 37.1 Å². The number of aliphatic hydroxyl groups excluding tert-OH is 1. The molecule has 2 aliphatic heterocycles. The van der Waals surface area contributed by atoms with Crippen LogP contribution < -0.4 is 4.90 Å². The summed E-state index contributed by atoms with van der Waals surface area (Å²) >= 11 is 0. The van der Waals surface area contributed by atoms with E-state index in [1.54, 1.807) is 0 Å². The SMILES string of the molecule is O=C1C[C@@H](N2CCC(O)CC2)C(=O)N1c1ccc(F)cc1. The second kappa shape index (κ2) is 5.54. The molecule has 2 heterocycles. The first kappa shape index (κ1) is 14.2. The number of anilines is 1. The lowest BCUT2D eigenvalue weighted by atomic mass is 10.1. The Morgan fingerprint density at radius 3 is 2.33 bits per heavy atom. The second-order valence-electron chi connectivity index (χ2n) is 5.53. The maximum absolute atomic E-state index is 13.0. The number of nitrogens with zero attached hydrogens (tertiary/aromatic N) is 2. The average molecular weight is 292 g/mol. The molecule has 0 radical (unpaired) electrons. The molecule has 0 aliphatic carbocycles. The number of piperidine rings is 1. The fraction of sp³-hybridized carbons (Fsp3) is 0.467. The smallest absolute Gasteiger partial charge is 0.251 e. The van der Waals surface area contributed by atoms with E-state index in [2.05, 4.69) is 0 Å². The highest BCUT2D eigenvalue weighted by atomic mass is 19.1. The Kier molecular flexibility index (Phi) is 3.73. The highest BCUT2D eigenvalue weighted by molar-refractivity contribution is 6.22. The van der Waals surface area contributed by atoms with Gasteiger partial charge in [-0.15, -0.1) is 0 Å². The van der Waals surface area contributed by atoms with E-state index in [0.717, 1.165) is 4.90 Å². The van der Waals surface area contributed by atoms with Crippen molar-refractivity contribution >= 4 is 17.5 Å². The third-order valence-corrected chi connectivity index (χ3v) is 4.15. The van der Waals surface area contributed by atoms with Crippen molar-refractivity contribution in [3.63, 3.8) is 0 Å². The third kappa shape index (κ3) is 2.69. The molecule has 2 fully saturated rings. The summed E-state index contributed by atoms with van der Waals surface area (Å²) in [6.07, 6.45) is 1.07. The maximum atomic E-state index is 13.0. The van der Waals surface area contributed by atoms with Crippen molar-refractivity contribution < 1.29 is 19.1 Å². The summed E-state index contributed by atoms with van der Waals surface area (Å²) in [5.41, 5.74) is 0.408. The van der Waals surface area contributed by atoms with Crippen LogP contribution in [-0.4, -0.2) is 47.1 Å². The quantitative estimate of drug-likeness (QED) is 0.823. The van der Waals surface area contributed by atoms with Crippen LogP contribution in [0.25, 0.3) is 0 Å². The molecule has 0 bridgehead atoms. The molecule has 2 amide bonds. The average Bonchev–Trinajstić information content (AvgIpc) is 2.76. The van der Waals surface area contributed by atoms with E-state index in [1.807, 2.05) is 4.90 Å². The number of hydrogen-bond donors (Lipinski definition) is 1. The molecule has 0 aromatic heterocycles. The van der Waals surface area contributed by atoms with Crippen LogP contribution in [0.15, 0.2) is 24.3 Å². The first-order valence-electron chi connectivity index (χ1n) is 7.11. The summed E-state index contributed by atoms with van der Waals surface area (Å²) in [5, 5.41) is 9.52. The van der Waals surface area contributed by atoms with Crippen LogP contribution in [0.3, 0.4) is 0 Å². The number of carbonyl (C=O) groups is 2. The molecule has 1 N–H and O–H groups in total. The van der Waals surface area contributed by atoms with Crippen molar-refractivity contribution in [2.75, 3.05) is 18.0 Å². The number of amides is 2. The van der Waals surface area contributed by atoms with E-state index in [0.29, 0.717) is 31.6 Å². The van der Waals surface area contributed by atoms with Crippen LogP contribution in [0.2, 0.25) is 0 Å². The zero-order valence-corrected chi connectivity index (χ0v) is 11.5. The number of hydrogen-bond acceptors (Lipinski definition) is 4. The number of imide groups is 1. The Balaban J connectivity index is 1.77. The lowest BCUT2D eigenvalue weighted by molar-refractivity contribution is -0.123. The molecule has 2 aliphatic rings. The minimum atomic E-state index is -0.463. The molecule has 0 spiro atoms. The fourth-order valence-corrected chi connectivity index (χ4v) is 2.96. The van der Waals surface area contributed by atoms with Crippen LogP contribution in [0.4, 0.5) is 10.1 Å². The monoisotopic (exact) mass is 292 g/mol. The third-order valence-electron chi connectivity index (χ3n) is 4.15. The molecule has 6 heteroatoms. The summed E-state index contributed by atoms with van der Waals surface area (Å²) in [6, 6.07) is 4.89. The number of halogens is 1. The topological polar surface area (TPSA) is 60.9 Å². The Morgan fingerprint density at radius 2 is 1.71 bits per heavy atom. The Bertz CT molecular complexity index is 553. The van der Waals surface area contributed by atoms with Gasteiger partial charge in [0.2, 0.25) is 5.91 Å². The molecular formula is C15H17FN2O3. The summed E-state index contributed by atoms with van der Waals surface area (Å²) in [7, 11) is 0. The van der Waals surface area contributed by atoms with Gasteiger partial charge < -0.3 is 5.11 Å². The van der Waals surface area contributed by atoms with Gasteiger partial charge in [0.25, 0.3) is 5.91 Å². The molecule has 1 atom stereocenters. The molecule has 1 aromatic rings. The molecule has 3 rings (SSSR count). The van der Waals surface area contributed by atoms with Crippen molar-refractivity contribution in [1.82, 2.24) is 4.90 Å². The second-order valence-corrected chi connectivity index (χ2v) is 5.53. The van der Waals surface area contributed by atoms with Crippen molar-refractivity contribution in [3.05, 3.63) is 30.1 Å². The molecule has 0 unspecified atom stereocenters. The van der Waals surface area contributed by atoms with Gasteiger partial charge >= 0.3 is 0 Å². The Hall–Kier alpha value is -1.79. The zero-order valence-electron chi connectivity index (χ0n) is 11.5. The largest absolute Gasteiger partial charge is 0.393 e. The predicted octanol–water partition coefficient (Wildman–Crippen LogP) is 0.914. The molecule has 21 heavy (non-hydrogen) atoms. The fourth-order valence-electron chi connectivity index (χ4n) is 2.96. The van der Waals surface area contributed by atoms with Crippen LogP contribution in [0, 0.1) is 5.82 Å². The highest BCUT2D eigenvalue weighted by Gasteiger charge is 2.43. The van der Waals surface area contributed by atoms with E-state index in [9.17, 15) is 19.1 Å². The van der Waals surface area contributed by atoms with E-state index >= 15 is 0 Å².